The Morgan fingerprint density at radius 3 is 2.80 bits per heavy atom. The first-order chi connectivity index (χ1) is 11.8. The average Bonchev–Trinajstić information content (AvgIpc) is 2.55. The number of H-pyrrole nitrogens is 1. The highest BCUT2D eigenvalue weighted by molar-refractivity contribution is 6.32. The Morgan fingerprint density at radius 1 is 1.36 bits per heavy atom. The van der Waals surface area contributed by atoms with Crippen LogP contribution in [0.25, 0.3) is 0 Å². The van der Waals surface area contributed by atoms with Crippen molar-refractivity contribution in [2.75, 3.05) is 13.7 Å². The van der Waals surface area contributed by atoms with Gasteiger partial charge in [-0.25, -0.2) is 4.98 Å². The summed E-state index contributed by atoms with van der Waals surface area (Å²) in [5.41, 5.74) is 2.51. The molecule has 0 bridgehead atoms. The van der Waals surface area contributed by atoms with Crippen LogP contribution in [0.1, 0.15) is 43.4 Å². The highest BCUT2D eigenvalue weighted by Crippen LogP contribution is 2.29. The number of aromatic amines is 1. The fraction of sp³-hybridized carbons (Fsp3) is 0.474. The number of rotatable bonds is 3. The molecule has 0 amide bonds. The highest BCUT2D eigenvalue weighted by Gasteiger charge is 2.25. The van der Waals surface area contributed by atoms with E-state index in [0.717, 1.165) is 29.2 Å². The quantitative estimate of drug-likeness (QED) is 0.911. The zero-order valence-electron chi connectivity index (χ0n) is 15.1. The highest BCUT2D eigenvalue weighted by atomic mass is 35.5. The summed E-state index contributed by atoms with van der Waals surface area (Å²) in [5, 5.41) is 0.644. The molecule has 1 aromatic carbocycles. The Hall–Kier alpha value is -1.85. The number of benzene rings is 1. The van der Waals surface area contributed by atoms with Gasteiger partial charge < -0.3 is 9.72 Å². The lowest BCUT2D eigenvalue weighted by Gasteiger charge is -2.29. The lowest BCUT2D eigenvalue weighted by Crippen LogP contribution is -2.36. The maximum absolute atomic E-state index is 12.4. The number of nitrogens with zero attached hydrogens (tertiary/aromatic N) is 2. The van der Waals surface area contributed by atoms with E-state index in [2.05, 4.69) is 9.88 Å². The Bertz CT molecular complexity index is 840. The number of ether oxygens (including phenoxy) is 1. The molecule has 0 radical (unpaired) electrons. The molecule has 134 valence electrons. The molecule has 25 heavy (non-hydrogen) atoms. The molecule has 5 nitrogen and oxygen atoms in total. The van der Waals surface area contributed by atoms with Crippen molar-refractivity contribution in [3.8, 4) is 5.75 Å². The topological polar surface area (TPSA) is 58.2 Å². The van der Waals surface area contributed by atoms with E-state index in [1.807, 2.05) is 39.0 Å². The van der Waals surface area contributed by atoms with Gasteiger partial charge in [0.1, 0.15) is 11.6 Å². The minimum atomic E-state index is -0.188. The standard InChI is InChI=1S/C19H24ClN3O2/c1-19(2,3)18-21-14-11-23(9-8-13(14)17(24)22-18)10-12-6-5-7-15(25-4)16(12)20/h5-7H,8-11H2,1-4H3,(H,21,22,24). The van der Waals surface area contributed by atoms with Gasteiger partial charge >= 0.3 is 0 Å². The molecule has 0 atom stereocenters. The van der Waals surface area contributed by atoms with Crippen LogP contribution in [0, 0.1) is 0 Å². The Kier molecular flexibility index (Phi) is 4.89. The predicted molar refractivity (Wildman–Crippen MR) is 99.4 cm³/mol. The smallest absolute Gasteiger partial charge is 0.254 e. The molecule has 3 rings (SSSR count). The van der Waals surface area contributed by atoms with Gasteiger partial charge in [0.25, 0.3) is 5.56 Å². The van der Waals surface area contributed by atoms with Crippen molar-refractivity contribution in [2.24, 2.45) is 0 Å². The molecular weight excluding hydrogens is 338 g/mol. The lowest BCUT2D eigenvalue weighted by atomic mass is 9.95. The first kappa shape index (κ1) is 18.0. The molecule has 2 aromatic rings. The van der Waals surface area contributed by atoms with Gasteiger partial charge in [-0.2, -0.15) is 0 Å². The van der Waals surface area contributed by atoms with Gasteiger partial charge in [0.05, 0.1) is 17.8 Å². The van der Waals surface area contributed by atoms with Gasteiger partial charge in [0.2, 0.25) is 0 Å². The van der Waals surface area contributed by atoms with Gasteiger partial charge in [-0.15, -0.1) is 0 Å². The summed E-state index contributed by atoms with van der Waals surface area (Å²) in [6.07, 6.45) is 0.698. The SMILES string of the molecule is COc1cccc(CN2CCc3c(nc(C(C)(C)C)[nH]c3=O)C2)c1Cl. The molecule has 1 aliphatic heterocycles. The Morgan fingerprint density at radius 2 is 2.12 bits per heavy atom. The Balaban J connectivity index is 1.86. The normalized spacial score (nSPS) is 15.1. The van der Waals surface area contributed by atoms with Crippen LogP contribution in [0.2, 0.25) is 5.02 Å². The number of hydrogen-bond donors (Lipinski definition) is 1. The number of nitrogens with one attached hydrogen (secondary N) is 1. The second-order valence-electron chi connectivity index (χ2n) is 7.48. The maximum Gasteiger partial charge on any atom is 0.254 e. The molecule has 1 N–H and O–H groups in total. The van der Waals surface area contributed by atoms with Crippen molar-refractivity contribution in [3.05, 3.63) is 56.2 Å². The van der Waals surface area contributed by atoms with Gasteiger partial charge in [0.15, 0.2) is 0 Å². The van der Waals surface area contributed by atoms with Crippen molar-refractivity contribution in [2.45, 2.75) is 45.7 Å². The monoisotopic (exact) mass is 361 g/mol. The summed E-state index contributed by atoms with van der Waals surface area (Å²) in [5.74, 6) is 1.42. The zero-order valence-corrected chi connectivity index (χ0v) is 15.9. The van der Waals surface area contributed by atoms with Crippen LogP contribution in [0.15, 0.2) is 23.0 Å². The third-order valence-electron chi connectivity index (χ3n) is 4.52. The third kappa shape index (κ3) is 3.72. The molecule has 0 spiro atoms. The van der Waals surface area contributed by atoms with E-state index in [4.69, 9.17) is 21.3 Å². The van der Waals surface area contributed by atoms with E-state index in [-0.39, 0.29) is 11.0 Å². The molecule has 0 saturated heterocycles. The van der Waals surface area contributed by atoms with E-state index >= 15 is 0 Å². The number of aromatic nitrogens is 2. The van der Waals surface area contributed by atoms with E-state index in [1.54, 1.807) is 7.11 Å². The van der Waals surface area contributed by atoms with Crippen LogP contribution in [-0.2, 0) is 24.9 Å². The van der Waals surface area contributed by atoms with Gasteiger partial charge in [-0.05, 0) is 18.1 Å². The fourth-order valence-corrected chi connectivity index (χ4v) is 3.32. The zero-order chi connectivity index (χ0) is 18.2. The van der Waals surface area contributed by atoms with Gasteiger partial charge in [-0.3, -0.25) is 9.69 Å². The number of fused-ring (bicyclic) bond motifs is 1. The summed E-state index contributed by atoms with van der Waals surface area (Å²) in [6, 6.07) is 5.80. The first-order valence-electron chi connectivity index (χ1n) is 8.46. The van der Waals surface area contributed by atoms with Crippen LogP contribution in [0.3, 0.4) is 0 Å². The predicted octanol–water partition coefficient (Wildman–Crippen LogP) is 3.29. The van der Waals surface area contributed by atoms with E-state index in [0.29, 0.717) is 30.3 Å². The number of hydrogen-bond acceptors (Lipinski definition) is 4. The summed E-state index contributed by atoms with van der Waals surface area (Å²) in [4.78, 5) is 22.3. The molecule has 1 aromatic heterocycles. The first-order valence-corrected chi connectivity index (χ1v) is 8.83. The summed E-state index contributed by atoms with van der Waals surface area (Å²) < 4.78 is 5.29. The average molecular weight is 362 g/mol. The van der Waals surface area contributed by atoms with E-state index in [1.165, 1.54) is 0 Å². The van der Waals surface area contributed by atoms with Crippen molar-refractivity contribution in [1.29, 1.82) is 0 Å². The third-order valence-corrected chi connectivity index (χ3v) is 4.95. The minimum absolute atomic E-state index is 0.00557. The molecule has 0 fully saturated rings. The van der Waals surface area contributed by atoms with Gasteiger partial charge in [-0.1, -0.05) is 44.5 Å². The summed E-state index contributed by atoms with van der Waals surface area (Å²) in [6.45, 7) is 8.31. The minimum Gasteiger partial charge on any atom is -0.495 e. The van der Waals surface area contributed by atoms with Crippen molar-refractivity contribution >= 4 is 11.6 Å². The summed E-state index contributed by atoms with van der Waals surface area (Å²) in [7, 11) is 1.62. The van der Waals surface area contributed by atoms with E-state index < -0.39 is 0 Å². The van der Waals surface area contributed by atoms with Crippen LogP contribution in [0.4, 0.5) is 0 Å². The van der Waals surface area contributed by atoms with Crippen molar-refractivity contribution in [3.63, 3.8) is 0 Å². The molecule has 0 saturated carbocycles. The fourth-order valence-electron chi connectivity index (χ4n) is 3.06. The van der Waals surface area contributed by atoms with Crippen LogP contribution >= 0.6 is 11.6 Å². The maximum atomic E-state index is 12.4. The Labute approximate surface area is 153 Å². The molecule has 2 heterocycles. The molecule has 1 aliphatic rings. The van der Waals surface area contributed by atoms with Crippen LogP contribution < -0.4 is 10.3 Å². The largest absolute Gasteiger partial charge is 0.495 e. The van der Waals surface area contributed by atoms with E-state index in [9.17, 15) is 4.79 Å². The number of halogens is 1. The lowest BCUT2D eigenvalue weighted by molar-refractivity contribution is 0.239. The van der Waals surface area contributed by atoms with Crippen LogP contribution in [-0.4, -0.2) is 28.5 Å². The summed E-state index contributed by atoms with van der Waals surface area (Å²) >= 11 is 6.42. The second-order valence-corrected chi connectivity index (χ2v) is 7.86. The molecular formula is C19H24ClN3O2. The van der Waals surface area contributed by atoms with Crippen molar-refractivity contribution in [1.82, 2.24) is 14.9 Å². The van der Waals surface area contributed by atoms with Gasteiger partial charge in [0, 0.05) is 30.6 Å². The molecule has 0 unspecified atom stereocenters. The molecule has 0 aliphatic carbocycles. The molecule has 6 heteroatoms. The van der Waals surface area contributed by atoms with Crippen molar-refractivity contribution < 1.29 is 4.74 Å². The second kappa shape index (κ2) is 6.81. The van der Waals surface area contributed by atoms with Crippen LogP contribution in [0.5, 0.6) is 5.75 Å². The number of methoxy groups -OCH3 is 1.